The van der Waals surface area contributed by atoms with Gasteiger partial charge in [-0.25, -0.2) is 4.79 Å². The van der Waals surface area contributed by atoms with E-state index in [2.05, 4.69) is 19.2 Å². The molecule has 2 aliphatic rings. The Hall–Kier alpha value is -1.72. The topological polar surface area (TPSA) is 73.9 Å². The van der Waals surface area contributed by atoms with Gasteiger partial charge in [-0.3, -0.25) is 4.79 Å². The summed E-state index contributed by atoms with van der Waals surface area (Å²) in [5.41, 5.74) is 0. The van der Waals surface area contributed by atoms with Crippen LogP contribution in [0.25, 0.3) is 0 Å². The molecule has 2 rings (SSSR count). The van der Waals surface area contributed by atoms with E-state index in [1.54, 1.807) is 0 Å². The largest absolute Gasteiger partial charge is 0.493 e. The molecule has 0 bridgehead atoms. The molecular formula is C15H23NO5. The summed E-state index contributed by atoms with van der Waals surface area (Å²) in [5, 5.41) is 2.95. The molecule has 1 N–H and O–H groups in total. The van der Waals surface area contributed by atoms with Gasteiger partial charge in [-0.15, -0.1) is 0 Å². The summed E-state index contributed by atoms with van der Waals surface area (Å²) in [6, 6.07) is 0.161. The molecule has 118 valence electrons. The quantitative estimate of drug-likeness (QED) is 0.793. The van der Waals surface area contributed by atoms with Crippen LogP contribution in [0, 0.1) is 11.8 Å². The number of carbonyl (C=O) groups is 2. The molecule has 1 aliphatic carbocycles. The van der Waals surface area contributed by atoms with Crippen molar-refractivity contribution in [3.63, 3.8) is 0 Å². The van der Waals surface area contributed by atoms with E-state index in [4.69, 9.17) is 14.2 Å². The van der Waals surface area contributed by atoms with Crippen LogP contribution in [0.2, 0.25) is 0 Å². The van der Waals surface area contributed by atoms with Crippen LogP contribution < -0.4 is 5.32 Å². The first-order valence-corrected chi connectivity index (χ1v) is 7.49. The number of carbonyl (C=O) groups excluding carboxylic acids is 2. The number of hydrogen-bond donors (Lipinski definition) is 1. The molecule has 0 saturated heterocycles. The zero-order valence-electron chi connectivity index (χ0n) is 12.6. The van der Waals surface area contributed by atoms with E-state index >= 15 is 0 Å². The van der Waals surface area contributed by atoms with Crippen molar-refractivity contribution in [3.05, 3.63) is 12.0 Å². The Balaban J connectivity index is 1.74. The van der Waals surface area contributed by atoms with E-state index in [-0.39, 0.29) is 24.3 Å². The second-order valence-corrected chi connectivity index (χ2v) is 5.72. The summed E-state index contributed by atoms with van der Waals surface area (Å²) < 4.78 is 15.0. The third-order valence-corrected chi connectivity index (χ3v) is 4.24. The highest BCUT2D eigenvalue weighted by Crippen LogP contribution is 2.29. The van der Waals surface area contributed by atoms with Gasteiger partial charge in [-0.05, 0) is 18.3 Å². The first-order chi connectivity index (χ1) is 10.1. The molecule has 0 aromatic carbocycles. The smallest absolute Gasteiger partial charge is 0.377 e. The average molecular weight is 297 g/mol. The van der Waals surface area contributed by atoms with Crippen molar-refractivity contribution in [2.75, 3.05) is 19.8 Å². The number of ether oxygens (including phenoxy) is 3. The van der Waals surface area contributed by atoms with Crippen molar-refractivity contribution >= 4 is 11.9 Å². The zero-order chi connectivity index (χ0) is 15.2. The molecule has 1 amide bonds. The van der Waals surface area contributed by atoms with Crippen LogP contribution in [-0.2, 0) is 23.8 Å². The maximum Gasteiger partial charge on any atom is 0.377 e. The minimum absolute atomic E-state index is 0.00806. The van der Waals surface area contributed by atoms with E-state index in [0.29, 0.717) is 25.0 Å². The summed E-state index contributed by atoms with van der Waals surface area (Å²) in [6.45, 7) is 4.78. The van der Waals surface area contributed by atoms with Crippen LogP contribution in [-0.4, -0.2) is 37.7 Å². The second-order valence-electron chi connectivity index (χ2n) is 5.72. The van der Waals surface area contributed by atoms with Gasteiger partial charge < -0.3 is 19.5 Å². The van der Waals surface area contributed by atoms with Gasteiger partial charge in [0, 0.05) is 6.04 Å². The maximum absolute atomic E-state index is 11.9. The van der Waals surface area contributed by atoms with E-state index in [0.717, 1.165) is 12.8 Å². The van der Waals surface area contributed by atoms with Gasteiger partial charge in [-0.1, -0.05) is 26.7 Å². The average Bonchev–Trinajstić information content (AvgIpc) is 2.50. The summed E-state index contributed by atoms with van der Waals surface area (Å²) in [7, 11) is 0. The summed E-state index contributed by atoms with van der Waals surface area (Å²) in [6.07, 6.45) is 4.52. The van der Waals surface area contributed by atoms with Gasteiger partial charge in [0.05, 0.1) is 0 Å². The molecule has 1 fully saturated rings. The first kappa shape index (κ1) is 15.7. The van der Waals surface area contributed by atoms with E-state index in [9.17, 15) is 9.59 Å². The number of amides is 1. The SMILES string of the molecule is C[C@H]1[C@@H](NC(=O)COC(=O)C2=COCCO2)CCC[C@@H]1C. The third-order valence-electron chi connectivity index (χ3n) is 4.24. The van der Waals surface area contributed by atoms with Crippen molar-refractivity contribution in [2.24, 2.45) is 11.8 Å². The van der Waals surface area contributed by atoms with Crippen LogP contribution in [0.4, 0.5) is 0 Å². The van der Waals surface area contributed by atoms with Crippen molar-refractivity contribution in [2.45, 2.75) is 39.2 Å². The Morgan fingerprint density at radius 3 is 2.86 bits per heavy atom. The van der Waals surface area contributed by atoms with Gasteiger partial charge in [0.2, 0.25) is 5.76 Å². The Bertz CT molecular complexity index is 420. The molecular weight excluding hydrogens is 274 g/mol. The van der Waals surface area contributed by atoms with Gasteiger partial charge in [0.25, 0.3) is 5.91 Å². The van der Waals surface area contributed by atoms with Crippen LogP contribution >= 0.6 is 0 Å². The summed E-state index contributed by atoms with van der Waals surface area (Å²) in [4.78, 5) is 23.5. The van der Waals surface area contributed by atoms with Crippen molar-refractivity contribution < 1.29 is 23.8 Å². The number of hydrogen-bond acceptors (Lipinski definition) is 5. The first-order valence-electron chi connectivity index (χ1n) is 7.49. The molecule has 6 heteroatoms. The molecule has 1 aliphatic heterocycles. The Morgan fingerprint density at radius 1 is 1.33 bits per heavy atom. The zero-order valence-corrected chi connectivity index (χ0v) is 12.6. The standard InChI is InChI=1S/C15H23NO5/c1-10-4-3-5-12(11(10)2)16-14(17)9-21-15(18)13-8-19-6-7-20-13/h8,10-12H,3-7,9H2,1-2H3,(H,16,17)/t10-,11+,12-/m0/s1. The van der Waals surface area contributed by atoms with Crippen LogP contribution in [0.15, 0.2) is 12.0 Å². The molecule has 21 heavy (non-hydrogen) atoms. The fourth-order valence-electron chi connectivity index (χ4n) is 2.71. The van der Waals surface area contributed by atoms with Gasteiger partial charge in [0.15, 0.2) is 6.61 Å². The molecule has 1 saturated carbocycles. The normalized spacial score (nSPS) is 28.7. The minimum atomic E-state index is -0.671. The second kappa shape index (κ2) is 7.33. The molecule has 1 heterocycles. The Kier molecular flexibility index (Phi) is 5.47. The number of esters is 1. The molecule has 0 unspecified atom stereocenters. The predicted molar refractivity (Wildman–Crippen MR) is 75.1 cm³/mol. The lowest BCUT2D eigenvalue weighted by atomic mass is 9.78. The van der Waals surface area contributed by atoms with Crippen LogP contribution in [0.5, 0.6) is 0 Å². The molecule has 3 atom stereocenters. The number of nitrogens with one attached hydrogen (secondary N) is 1. The van der Waals surface area contributed by atoms with E-state index in [1.807, 2.05) is 0 Å². The van der Waals surface area contributed by atoms with Gasteiger partial charge >= 0.3 is 5.97 Å². The monoisotopic (exact) mass is 297 g/mol. The van der Waals surface area contributed by atoms with Crippen LogP contribution in [0.3, 0.4) is 0 Å². The lowest BCUT2D eigenvalue weighted by molar-refractivity contribution is -0.149. The molecule has 0 radical (unpaired) electrons. The fourth-order valence-corrected chi connectivity index (χ4v) is 2.71. The summed E-state index contributed by atoms with van der Waals surface area (Å²) in [5.74, 6) is 0.107. The molecule has 0 aromatic heterocycles. The summed E-state index contributed by atoms with van der Waals surface area (Å²) >= 11 is 0. The van der Waals surface area contributed by atoms with Gasteiger partial charge in [0.1, 0.15) is 19.5 Å². The van der Waals surface area contributed by atoms with Crippen molar-refractivity contribution in [1.29, 1.82) is 0 Å². The van der Waals surface area contributed by atoms with Crippen molar-refractivity contribution in [3.8, 4) is 0 Å². The Morgan fingerprint density at radius 2 is 2.14 bits per heavy atom. The Labute approximate surface area is 124 Å². The van der Waals surface area contributed by atoms with Gasteiger partial charge in [-0.2, -0.15) is 0 Å². The van der Waals surface area contributed by atoms with Crippen LogP contribution in [0.1, 0.15) is 33.1 Å². The molecule has 6 nitrogen and oxygen atoms in total. The lowest BCUT2D eigenvalue weighted by Crippen LogP contribution is -2.45. The highest BCUT2D eigenvalue weighted by atomic mass is 16.6. The molecule has 0 aromatic rings. The van der Waals surface area contributed by atoms with E-state index < -0.39 is 5.97 Å². The highest BCUT2D eigenvalue weighted by molar-refractivity contribution is 5.88. The number of rotatable bonds is 4. The van der Waals surface area contributed by atoms with E-state index in [1.165, 1.54) is 12.7 Å². The predicted octanol–water partition coefficient (Wildman–Crippen LogP) is 1.36. The minimum Gasteiger partial charge on any atom is -0.493 e. The highest BCUT2D eigenvalue weighted by Gasteiger charge is 2.28. The van der Waals surface area contributed by atoms with Crippen molar-refractivity contribution in [1.82, 2.24) is 5.32 Å². The third kappa shape index (κ3) is 4.37. The fraction of sp³-hybridized carbons (Fsp3) is 0.733. The molecule has 0 spiro atoms. The lowest BCUT2D eigenvalue weighted by Gasteiger charge is -2.34. The maximum atomic E-state index is 11.9.